The minimum Gasteiger partial charge on any atom is -0.353 e. The largest absolute Gasteiger partial charge is 0.353 e. The summed E-state index contributed by atoms with van der Waals surface area (Å²) in [5.41, 5.74) is 2.44. The number of hydrogen-bond donors (Lipinski definition) is 3. The van der Waals surface area contributed by atoms with Gasteiger partial charge in [0.05, 0.1) is 5.01 Å². The first kappa shape index (κ1) is 14.4. The van der Waals surface area contributed by atoms with E-state index in [1.165, 1.54) is 0 Å². The van der Waals surface area contributed by atoms with Gasteiger partial charge in [0.25, 0.3) is 0 Å². The Kier molecular flexibility index (Phi) is 4.64. The van der Waals surface area contributed by atoms with Crippen molar-refractivity contribution < 1.29 is 0 Å². The van der Waals surface area contributed by atoms with Crippen LogP contribution in [0.1, 0.15) is 17.8 Å². The molecule has 0 saturated carbocycles. The Morgan fingerprint density at radius 1 is 1.30 bits per heavy atom. The predicted octanol–water partition coefficient (Wildman–Crippen LogP) is 0.895. The van der Waals surface area contributed by atoms with E-state index in [-0.39, 0.29) is 5.92 Å². The number of aromatic nitrogens is 4. The van der Waals surface area contributed by atoms with E-state index in [4.69, 9.17) is 5.84 Å². The molecule has 0 saturated heterocycles. The number of anilines is 3. The number of hydrogen-bond acceptors (Lipinski definition) is 9. The molecular weight excluding hydrogens is 276 g/mol. The molecule has 0 bridgehead atoms. The fourth-order valence-electron chi connectivity index (χ4n) is 1.52. The molecule has 0 aromatic carbocycles. The maximum absolute atomic E-state index is 5.36. The van der Waals surface area contributed by atoms with Gasteiger partial charge >= 0.3 is 0 Å². The first-order valence-corrected chi connectivity index (χ1v) is 7.01. The smallest absolute Gasteiger partial charge is 0.243 e. The SMILES string of the molecule is CC(CNc1nc(NN)nc(N(C)C)n1)c1nccs1. The molecule has 0 amide bonds. The van der Waals surface area contributed by atoms with Gasteiger partial charge in [0.1, 0.15) is 0 Å². The molecule has 4 N–H and O–H groups in total. The van der Waals surface area contributed by atoms with Gasteiger partial charge in [-0.3, -0.25) is 5.43 Å². The summed E-state index contributed by atoms with van der Waals surface area (Å²) in [7, 11) is 3.72. The molecule has 0 aliphatic heterocycles. The number of hydrazine groups is 1. The minimum atomic E-state index is 0.281. The monoisotopic (exact) mass is 294 g/mol. The van der Waals surface area contributed by atoms with Gasteiger partial charge in [-0.1, -0.05) is 6.92 Å². The quantitative estimate of drug-likeness (QED) is 0.533. The molecule has 1 unspecified atom stereocenters. The second-order valence-electron chi connectivity index (χ2n) is 4.47. The van der Waals surface area contributed by atoms with E-state index < -0.39 is 0 Å². The van der Waals surface area contributed by atoms with Crippen LogP contribution in [0.5, 0.6) is 0 Å². The molecule has 0 aliphatic rings. The Labute approximate surface area is 121 Å². The molecule has 1 atom stereocenters. The summed E-state index contributed by atoms with van der Waals surface area (Å²) in [5.74, 6) is 7.00. The van der Waals surface area contributed by atoms with Crippen molar-refractivity contribution in [3.8, 4) is 0 Å². The van der Waals surface area contributed by atoms with Crippen molar-refractivity contribution in [2.75, 3.05) is 36.3 Å². The average Bonchev–Trinajstić information content (AvgIpc) is 2.98. The Morgan fingerprint density at radius 3 is 2.65 bits per heavy atom. The summed E-state index contributed by atoms with van der Waals surface area (Å²) in [4.78, 5) is 18.7. The van der Waals surface area contributed by atoms with Gasteiger partial charge < -0.3 is 10.2 Å². The number of nitrogens with two attached hydrogens (primary N) is 1. The lowest BCUT2D eigenvalue weighted by molar-refractivity contribution is 0.785. The molecule has 8 nitrogen and oxygen atoms in total. The standard InChI is InChI=1S/C11H18N8S/c1-7(8-13-4-5-20-8)6-14-9-15-10(18-12)17-11(16-9)19(2)3/h4-5,7H,6,12H2,1-3H3,(H2,14,15,16,17,18). The van der Waals surface area contributed by atoms with Crippen molar-refractivity contribution in [1.29, 1.82) is 0 Å². The fraction of sp³-hybridized carbons (Fsp3) is 0.455. The van der Waals surface area contributed by atoms with Crippen LogP contribution < -0.4 is 21.5 Å². The molecule has 0 fully saturated rings. The first-order valence-electron chi connectivity index (χ1n) is 6.13. The molecule has 108 valence electrons. The highest BCUT2D eigenvalue weighted by molar-refractivity contribution is 7.09. The molecule has 2 heterocycles. The molecule has 9 heteroatoms. The van der Waals surface area contributed by atoms with E-state index in [0.29, 0.717) is 24.4 Å². The Balaban J connectivity index is 2.07. The van der Waals surface area contributed by atoms with Crippen LogP contribution in [-0.2, 0) is 0 Å². The maximum atomic E-state index is 5.36. The number of nitrogens with zero attached hydrogens (tertiary/aromatic N) is 5. The Hall–Kier alpha value is -2.00. The van der Waals surface area contributed by atoms with Gasteiger partial charge in [-0.15, -0.1) is 11.3 Å². The van der Waals surface area contributed by atoms with Crippen LogP contribution >= 0.6 is 11.3 Å². The first-order chi connectivity index (χ1) is 9.60. The number of thiazole rings is 1. The molecule has 2 aromatic heterocycles. The van der Waals surface area contributed by atoms with E-state index in [1.54, 1.807) is 22.4 Å². The summed E-state index contributed by atoms with van der Waals surface area (Å²) in [6.07, 6.45) is 1.81. The lowest BCUT2D eigenvalue weighted by atomic mass is 10.2. The molecule has 0 radical (unpaired) electrons. The lowest BCUT2D eigenvalue weighted by Gasteiger charge is -2.14. The Morgan fingerprint density at radius 2 is 2.05 bits per heavy atom. The molecule has 0 spiro atoms. The van der Waals surface area contributed by atoms with Gasteiger partial charge in [-0.25, -0.2) is 10.8 Å². The van der Waals surface area contributed by atoms with Crippen LogP contribution in [0.2, 0.25) is 0 Å². The van der Waals surface area contributed by atoms with Crippen LogP contribution in [0.4, 0.5) is 17.8 Å². The number of nitrogens with one attached hydrogen (secondary N) is 2. The topological polar surface area (TPSA) is 105 Å². The molecule has 20 heavy (non-hydrogen) atoms. The summed E-state index contributed by atoms with van der Waals surface area (Å²) >= 11 is 1.64. The third-order valence-electron chi connectivity index (χ3n) is 2.59. The number of nitrogen functional groups attached to an aromatic ring is 1. The maximum Gasteiger partial charge on any atom is 0.243 e. The second kappa shape index (κ2) is 6.44. The molecule has 2 rings (SSSR count). The van der Waals surface area contributed by atoms with Crippen molar-refractivity contribution in [2.45, 2.75) is 12.8 Å². The van der Waals surface area contributed by atoms with Gasteiger partial charge in [-0.05, 0) is 0 Å². The van der Waals surface area contributed by atoms with Gasteiger partial charge in [0.2, 0.25) is 17.8 Å². The van der Waals surface area contributed by atoms with Crippen LogP contribution in [0.25, 0.3) is 0 Å². The van der Waals surface area contributed by atoms with Crippen LogP contribution in [0.3, 0.4) is 0 Å². The van der Waals surface area contributed by atoms with E-state index >= 15 is 0 Å². The van der Waals surface area contributed by atoms with Crippen molar-refractivity contribution in [3.63, 3.8) is 0 Å². The second-order valence-corrected chi connectivity index (χ2v) is 5.40. The zero-order valence-electron chi connectivity index (χ0n) is 11.7. The van der Waals surface area contributed by atoms with Gasteiger partial charge in [0.15, 0.2) is 0 Å². The number of rotatable bonds is 6. The molecular formula is C11H18N8S. The molecule has 2 aromatic rings. The van der Waals surface area contributed by atoms with E-state index in [9.17, 15) is 0 Å². The van der Waals surface area contributed by atoms with Crippen LogP contribution in [-0.4, -0.2) is 40.6 Å². The van der Waals surface area contributed by atoms with Crippen LogP contribution in [0, 0.1) is 0 Å². The average molecular weight is 294 g/mol. The normalized spacial score (nSPS) is 12.0. The molecule has 0 aliphatic carbocycles. The third-order valence-corrected chi connectivity index (χ3v) is 3.60. The highest BCUT2D eigenvalue weighted by atomic mass is 32.1. The van der Waals surface area contributed by atoms with Crippen molar-refractivity contribution in [3.05, 3.63) is 16.6 Å². The van der Waals surface area contributed by atoms with Crippen molar-refractivity contribution in [2.24, 2.45) is 5.84 Å². The highest BCUT2D eigenvalue weighted by Gasteiger charge is 2.11. The zero-order valence-corrected chi connectivity index (χ0v) is 12.5. The van der Waals surface area contributed by atoms with E-state index in [0.717, 1.165) is 5.01 Å². The van der Waals surface area contributed by atoms with E-state index in [2.05, 4.69) is 37.6 Å². The third kappa shape index (κ3) is 3.52. The summed E-state index contributed by atoms with van der Waals surface area (Å²) in [6, 6.07) is 0. The lowest BCUT2D eigenvalue weighted by Crippen LogP contribution is -2.20. The summed E-state index contributed by atoms with van der Waals surface area (Å²) in [6.45, 7) is 2.79. The summed E-state index contributed by atoms with van der Waals surface area (Å²) < 4.78 is 0. The van der Waals surface area contributed by atoms with E-state index in [1.807, 2.05) is 19.5 Å². The predicted molar refractivity (Wildman–Crippen MR) is 81.0 cm³/mol. The minimum absolute atomic E-state index is 0.281. The van der Waals surface area contributed by atoms with Crippen LogP contribution in [0.15, 0.2) is 11.6 Å². The Bertz CT molecular complexity index is 541. The van der Waals surface area contributed by atoms with Gasteiger partial charge in [-0.2, -0.15) is 15.0 Å². The van der Waals surface area contributed by atoms with Crippen molar-refractivity contribution >= 4 is 29.2 Å². The zero-order chi connectivity index (χ0) is 14.5. The fourth-order valence-corrected chi connectivity index (χ4v) is 2.22. The summed E-state index contributed by atoms with van der Waals surface area (Å²) in [5, 5.41) is 6.23. The van der Waals surface area contributed by atoms with Gasteiger partial charge in [0, 0.05) is 38.1 Å². The highest BCUT2D eigenvalue weighted by Crippen LogP contribution is 2.18. The van der Waals surface area contributed by atoms with Crippen molar-refractivity contribution in [1.82, 2.24) is 19.9 Å².